The van der Waals surface area contributed by atoms with Crippen LogP contribution in [0, 0.1) is 0 Å². The zero-order valence-electron chi connectivity index (χ0n) is 4.31. The number of carbonyl (C=O) groups excluding carboxylic acids is 2. The van der Waals surface area contributed by atoms with Gasteiger partial charge >= 0.3 is 71.1 Å². The van der Waals surface area contributed by atoms with Gasteiger partial charge in [0.15, 0.2) is 0 Å². The molecule has 0 radical (unpaired) electrons. The van der Waals surface area contributed by atoms with Crippen molar-refractivity contribution in [3.63, 3.8) is 0 Å². The first kappa shape index (κ1) is 17.5. The average Bonchev–Trinajstić information content (AvgIpc) is 1.65. The van der Waals surface area contributed by atoms with Crippen molar-refractivity contribution in [3.8, 4) is 0 Å². The maximum atomic E-state index is 10.0. The summed E-state index contributed by atoms with van der Waals surface area (Å²) in [6, 6.07) is 0. The van der Waals surface area contributed by atoms with E-state index in [1.165, 1.54) is 0 Å². The molecule has 0 aliphatic heterocycles. The molecule has 0 heterocycles. The van der Waals surface area contributed by atoms with Gasteiger partial charge in [0.05, 0.1) is 0 Å². The molecule has 0 aliphatic carbocycles. The predicted octanol–water partition coefficient (Wildman–Crippen LogP) is -0.982. The van der Waals surface area contributed by atoms with E-state index in [9.17, 15) is 9.59 Å². The molecular weight excluding hydrogens is 177 g/mol. The molecule has 0 aromatic carbocycles. The molecule has 0 N–H and O–H groups in total. The Labute approximate surface area is 108 Å². The average molecular weight is 185 g/mol. The number of alkyl halides is 1. The SMILES string of the molecule is CC(=O)OC(=O)CCl.[NaH].[NaH]. The molecule has 0 rings (SSSR count). The van der Waals surface area contributed by atoms with E-state index in [0.29, 0.717) is 0 Å². The van der Waals surface area contributed by atoms with Crippen molar-refractivity contribution in [2.24, 2.45) is 0 Å². The summed E-state index contributed by atoms with van der Waals surface area (Å²) in [5.41, 5.74) is 0. The Kier molecular flexibility index (Phi) is 18.2. The fourth-order valence-electron chi connectivity index (χ4n) is 0.188. The summed E-state index contributed by atoms with van der Waals surface area (Å²) >= 11 is 4.97. The van der Waals surface area contributed by atoms with Crippen molar-refractivity contribution in [3.05, 3.63) is 0 Å². The van der Waals surface area contributed by atoms with E-state index in [1.807, 2.05) is 0 Å². The van der Waals surface area contributed by atoms with Gasteiger partial charge in [-0.2, -0.15) is 0 Å². The van der Waals surface area contributed by atoms with Crippen LogP contribution in [0.3, 0.4) is 0 Å². The van der Waals surface area contributed by atoms with E-state index in [4.69, 9.17) is 11.6 Å². The molecule has 0 fully saturated rings. The van der Waals surface area contributed by atoms with Crippen molar-refractivity contribution >= 4 is 82.7 Å². The standard InChI is InChI=1S/C4H5ClO3.2Na.2H/c1-3(6)8-4(7)2-5;;;;/h2H2,1H3;;;;. The van der Waals surface area contributed by atoms with Crippen LogP contribution in [0.2, 0.25) is 0 Å². The van der Waals surface area contributed by atoms with Crippen molar-refractivity contribution in [1.29, 1.82) is 0 Å². The molecule has 0 aromatic rings. The zero-order chi connectivity index (χ0) is 6.57. The summed E-state index contributed by atoms with van der Waals surface area (Å²) in [6.45, 7) is 1.14. The van der Waals surface area contributed by atoms with Gasteiger partial charge in [0.25, 0.3) is 0 Å². The summed E-state index contributed by atoms with van der Waals surface area (Å²) in [5, 5.41) is 0. The minimum absolute atomic E-state index is 0. The van der Waals surface area contributed by atoms with Crippen molar-refractivity contribution in [2.75, 3.05) is 5.88 Å². The quantitative estimate of drug-likeness (QED) is 0.228. The van der Waals surface area contributed by atoms with E-state index < -0.39 is 11.9 Å². The predicted molar refractivity (Wildman–Crippen MR) is 41.8 cm³/mol. The van der Waals surface area contributed by atoms with Crippen LogP contribution in [0.15, 0.2) is 0 Å². The fourth-order valence-corrected chi connectivity index (χ4v) is 0.242. The van der Waals surface area contributed by atoms with E-state index in [1.54, 1.807) is 0 Å². The fraction of sp³-hybridized carbons (Fsp3) is 0.500. The van der Waals surface area contributed by atoms with Crippen LogP contribution < -0.4 is 0 Å². The Hall–Kier alpha value is 1.43. The van der Waals surface area contributed by atoms with E-state index in [-0.39, 0.29) is 65.0 Å². The first-order chi connectivity index (χ1) is 3.66. The van der Waals surface area contributed by atoms with Crippen LogP contribution in [-0.4, -0.2) is 76.9 Å². The molecule has 0 amide bonds. The minimum atomic E-state index is -0.709. The Balaban J connectivity index is -0.000000245. The van der Waals surface area contributed by atoms with Gasteiger partial charge in [0.1, 0.15) is 5.88 Å². The maximum absolute atomic E-state index is 10.0. The summed E-state index contributed by atoms with van der Waals surface area (Å²) in [7, 11) is 0. The van der Waals surface area contributed by atoms with Gasteiger partial charge in [-0.3, -0.25) is 9.59 Å². The summed E-state index contributed by atoms with van der Waals surface area (Å²) in [6.07, 6.45) is 0. The van der Waals surface area contributed by atoms with Crippen LogP contribution in [0.1, 0.15) is 6.92 Å². The van der Waals surface area contributed by atoms with Gasteiger partial charge < -0.3 is 4.74 Å². The third-order valence-electron chi connectivity index (χ3n) is 0.367. The molecule has 3 nitrogen and oxygen atoms in total. The van der Waals surface area contributed by atoms with Gasteiger partial charge in [-0.1, -0.05) is 0 Å². The van der Waals surface area contributed by atoms with Crippen LogP contribution in [0.4, 0.5) is 0 Å². The number of esters is 2. The molecule has 0 atom stereocenters. The van der Waals surface area contributed by atoms with Gasteiger partial charge in [0.2, 0.25) is 0 Å². The number of hydrogen-bond acceptors (Lipinski definition) is 3. The topological polar surface area (TPSA) is 43.4 Å². The second kappa shape index (κ2) is 10.4. The van der Waals surface area contributed by atoms with Gasteiger partial charge in [-0.25, -0.2) is 0 Å². The van der Waals surface area contributed by atoms with Gasteiger partial charge in [-0.15, -0.1) is 11.6 Å². The number of ether oxygens (including phenoxy) is 1. The van der Waals surface area contributed by atoms with E-state index in [2.05, 4.69) is 4.74 Å². The molecule has 0 bridgehead atoms. The van der Waals surface area contributed by atoms with Crippen molar-refractivity contribution < 1.29 is 14.3 Å². The van der Waals surface area contributed by atoms with E-state index in [0.717, 1.165) is 6.92 Å². The molecule has 0 aromatic heterocycles. The molecule has 0 saturated heterocycles. The Morgan fingerprint density at radius 2 is 1.80 bits per heavy atom. The third kappa shape index (κ3) is 12.1. The summed E-state index contributed by atoms with van der Waals surface area (Å²) in [4.78, 5) is 20.0. The van der Waals surface area contributed by atoms with Gasteiger partial charge in [-0.05, 0) is 0 Å². The first-order valence-electron chi connectivity index (χ1n) is 1.94. The molecule has 50 valence electrons. The van der Waals surface area contributed by atoms with Crippen LogP contribution in [0.25, 0.3) is 0 Å². The second-order valence-corrected chi connectivity index (χ2v) is 1.37. The summed E-state index contributed by atoms with van der Waals surface area (Å²) in [5.74, 6) is -1.62. The molecule has 0 spiro atoms. The number of carbonyl (C=O) groups is 2. The molecular formula is C4H7ClNa2O3. The van der Waals surface area contributed by atoms with Crippen molar-refractivity contribution in [1.82, 2.24) is 0 Å². The zero-order valence-corrected chi connectivity index (χ0v) is 5.07. The van der Waals surface area contributed by atoms with Crippen LogP contribution in [0.5, 0.6) is 0 Å². The van der Waals surface area contributed by atoms with Crippen molar-refractivity contribution in [2.45, 2.75) is 6.92 Å². The molecule has 6 heteroatoms. The molecule has 0 aliphatic rings. The number of rotatable bonds is 1. The molecule has 10 heavy (non-hydrogen) atoms. The molecule has 0 unspecified atom stereocenters. The Morgan fingerprint density at radius 1 is 1.40 bits per heavy atom. The summed E-state index contributed by atoms with van der Waals surface area (Å²) < 4.78 is 3.99. The first-order valence-corrected chi connectivity index (χ1v) is 2.47. The molecule has 0 saturated carbocycles. The van der Waals surface area contributed by atoms with E-state index >= 15 is 0 Å². The normalized spacial score (nSPS) is 6.60. The number of halogens is 1. The van der Waals surface area contributed by atoms with Crippen LogP contribution >= 0.6 is 11.6 Å². The Morgan fingerprint density at radius 3 is 1.90 bits per heavy atom. The monoisotopic (exact) mass is 184 g/mol. The Bertz CT molecular complexity index is 117. The number of hydrogen-bond donors (Lipinski definition) is 0. The third-order valence-corrected chi connectivity index (χ3v) is 0.585. The second-order valence-electron chi connectivity index (χ2n) is 1.10. The van der Waals surface area contributed by atoms with Gasteiger partial charge in [0, 0.05) is 6.92 Å². The van der Waals surface area contributed by atoms with Crippen LogP contribution in [-0.2, 0) is 14.3 Å².